The molecule has 1 aliphatic rings. The van der Waals surface area contributed by atoms with E-state index in [0.717, 1.165) is 23.8 Å². The molecule has 1 fully saturated rings. The highest BCUT2D eigenvalue weighted by molar-refractivity contribution is 5.76. The first-order valence-electron chi connectivity index (χ1n) is 8.09. The highest BCUT2D eigenvalue weighted by Gasteiger charge is 2.27. The Morgan fingerprint density at radius 1 is 1.29 bits per heavy atom. The normalized spacial score (nSPS) is 17.9. The Balaban J connectivity index is 1.76. The second kappa shape index (κ2) is 6.86. The van der Waals surface area contributed by atoms with Crippen molar-refractivity contribution in [3.8, 4) is 0 Å². The quantitative estimate of drug-likeness (QED) is 0.778. The monoisotopic (exact) mass is 331 g/mol. The molecule has 1 atom stereocenters. The van der Waals surface area contributed by atoms with Crippen molar-refractivity contribution in [3.63, 3.8) is 0 Å². The summed E-state index contributed by atoms with van der Waals surface area (Å²) in [6.45, 7) is 1.29. The van der Waals surface area contributed by atoms with Crippen molar-refractivity contribution < 1.29 is 4.79 Å². The second-order valence-corrected chi connectivity index (χ2v) is 6.09. The van der Waals surface area contributed by atoms with Gasteiger partial charge in [0.1, 0.15) is 6.54 Å². The molecule has 1 saturated heterocycles. The lowest BCUT2D eigenvalue weighted by Gasteiger charge is -2.36. The third-order valence-corrected chi connectivity index (χ3v) is 4.47. The van der Waals surface area contributed by atoms with Gasteiger partial charge in [-0.1, -0.05) is 0 Å². The predicted molar refractivity (Wildman–Crippen MR) is 87.5 cm³/mol. The van der Waals surface area contributed by atoms with Gasteiger partial charge in [-0.15, -0.1) is 0 Å². The molecule has 8 heteroatoms. The Bertz CT molecular complexity index is 821. The lowest BCUT2D eigenvalue weighted by molar-refractivity contribution is -0.136. The van der Waals surface area contributed by atoms with Crippen LogP contribution in [-0.2, 0) is 24.9 Å². The van der Waals surface area contributed by atoms with Gasteiger partial charge in [-0.25, -0.2) is 4.79 Å². The zero-order chi connectivity index (χ0) is 17.1. The van der Waals surface area contributed by atoms with Gasteiger partial charge in [0.05, 0.1) is 12.6 Å². The number of carbonyl (C=O) groups is 1. The summed E-state index contributed by atoms with van der Waals surface area (Å²) in [5.74, 6) is -0.104. The number of hydrogen-bond acceptors (Lipinski definition) is 4. The van der Waals surface area contributed by atoms with Crippen molar-refractivity contribution in [1.29, 1.82) is 0 Å². The van der Waals surface area contributed by atoms with E-state index in [-0.39, 0.29) is 24.1 Å². The lowest BCUT2D eigenvalue weighted by atomic mass is 10.0. The number of likely N-dealkylation sites (tertiary alicyclic amines) is 1. The summed E-state index contributed by atoms with van der Waals surface area (Å²) in [4.78, 5) is 38.1. The fourth-order valence-electron chi connectivity index (χ4n) is 3.12. The molecule has 0 bridgehead atoms. The van der Waals surface area contributed by atoms with E-state index in [1.807, 2.05) is 21.8 Å². The molecule has 2 aromatic heterocycles. The van der Waals surface area contributed by atoms with Crippen LogP contribution < -0.4 is 11.2 Å². The van der Waals surface area contributed by atoms with Crippen LogP contribution in [0.15, 0.2) is 40.3 Å². The maximum atomic E-state index is 12.7. The zero-order valence-electron chi connectivity index (χ0n) is 13.7. The predicted octanol–water partition coefficient (Wildman–Crippen LogP) is -0.175. The summed E-state index contributed by atoms with van der Waals surface area (Å²) in [5.41, 5.74) is -0.852. The maximum Gasteiger partial charge on any atom is 0.331 e. The Kier molecular flexibility index (Phi) is 4.64. The largest absolute Gasteiger partial charge is 0.336 e. The molecule has 0 aliphatic carbocycles. The molecule has 1 amide bonds. The topological polar surface area (TPSA) is 82.1 Å². The molecular formula is C16H21N5O3. The average Bonchev–Trinajstić information content (AvgIpc) is 3.09. The molecule has 128 valence electrons. The molecule has 0 saturated carbocycles. The van der Waals surface area contributed by atoms with Gasteiger partial charge in [0.15, 0.2) is 0 Å². The SMILES string of the molecule is Cn1c(=O)ccn(CC(=O)N2CCCC[C@@H]2Cn2cccn2)c1=O. The first kappa shape index (κ1) is 16.2. The minimum Gasteiger partial charge on any atom is -0.336 e. The van der Waals surface area contributed by atoms with Crippen LogP contribution in [0.1, 0.15) is 19.3 Å². The van der Waals surface area contributed by atoms with E-state index in [2.05, 4.69) is 5.10 Å². The molecule has 0 radical (unpaired) electrons. The summed E-state index contributed by atoms with van der Waals surface area (Å²) in [6.07, 6.45) is 7.95. The Morgan fingerprint density at radius 2 is 2.12 bits per heavy atom. The van der Waals surface area contributed by atoms with Gasteiger partial charge in [0.25, 0.3) is 5.56 Å². The number of carbonyl (C=O) groups excluding carboxylic acids is 1. The molecule has 0 unspecified atom stereocenters. The van der Waals surface area contributed by atoms with Crippen molar-refractivity contribution in [2.45, 2.75) is 38.4 Å². The van der Waals surface area contributed by atoms with Gasteiger partial charge in [-0.3, -0.25) is 23.4 Å². The van der Waals surface area contributed by atoms with E-state index in [0.29, 0.717) is 13.1 Å². The molecule has 3 heterocycles. The second-order valence-electron chi connectivity index (χ2n) is 6.09. The van der Waals surface area contributed by atoms with Gasteiger partial charge in [-0.2, -0.15) is 5.10 Å². The van der Waals surface area contributed by atoms with Crippen molar-refractivity contribution in [1.82, 2.24) is 23.8 Å². The van der Waals surface area contributed by atoms with Gasteiger partial charge in [-0.05, 0) is 25.3 Å². The average molecular weight is 331 g/mol. The van der Waals surface area contributed by atoms with Crippen LogP contribution in [0, 0.1) is 0 Å². The molecule has 3 rings (SSSR count). The van der Waals surface area contributed by atoms with E-state index < -0.39 is 5.69 Å². The first-order chi connectivity index (χ1) is 11.6. The van der Waals surface area contributed by atoms with Crippen LogP contribution >= 0.6 is 0 Å². The summed E-state index contributed by atoms with van der Waals surface area (Å²) >= 11 is 0. The third-order valence-electron chi connectivity index (χ3n) is 4.47. The van der Waals surface area contributed by atoms with Crippen LogP contribution in [-0.4, -0.2) is 42.3 Å². The number of piperidine rings is 1. The van der Waals surface area contributed by atoms with Crippen LogP contribution in [0.25, 0.3) is 0 Å². The number of nitrogens with zero attached hydrogens (tertiary/aromatic N) is 5. The van der Waals surface area contributed by atoms with E-state index in [1.165, 1.54) is 23.9 Å². The van der Waals surface area contributed by atoms with Crippen LogP contribution in [0.3, 0.4) is 0 Å². The molecule has 2 aromatic rings. The molecule has 0 N–H and O–H groups in total. The van der Waals surface area contributed by atoms with E-state index in [4.69, 9.17) is 0 Å². The number of aromatic nitrogens is 4. The Morgan fingerprint density at radius 3 is 2.88 bits per heavy atom. The minimum absolute atomic E-state index is 0.0530. The molecule has 8 nitrogen and oxygen atoms in total. The van der Waals surface area contributed by atoms with Crippen molar-refractivity contribution in [3.05, 3.63) is 51.6 Å². The molecular weight excluding hydrogens is 310 g/mol. The van der Waals surface area contributed by atoms with Gasteiger partial charge < -0.3 is 4.90 Å². The molecule has 0 aromatic carbocycles. The third kappa shape index (κ3) is 3.32. The highest BCUT2D eigenvalue weighted by atomic mass is 16.2. The first-order valence-corrected chi connectivity index (χ1v) is 8.09. The Hall–Kier alpha value is -2.64. The summed E-state index contributed by atoms with van der Waals surface area (Å²) in [5, 5.41) is 4.21. The summed E-state index contributed by atoms with van der Waals surface area (Å²) < 4.78 is 4.11. The fraction of sp³-hybridized carbons (Fsp3) is 0.500. The Labute approximate surface area is 138 Å². The minimum atomic E-state index is -0.475. The number of hydrogen-bond donors (Lipinski definition) is 0. The van der Waals surface area contributed by atoms with Gasteiger partial charge >= 0.3 is 5.69 Å². The number of rotatable bonds is 4. The maximum absolute atomic E-state index is 12.7. The molecule has 0 spiro atoms. The standard InChI is InChI=1S/C16H21N5O3/c1-18-14(22)6-10-19(16(18)24)12-15(23)21-9-3-2-5-13(21)11-20-8-4-7-17-20/h4,6-8,10,13H,2-3,5,9,11-12H2,1H3/t13-/m1/s1. The van der Waals surface area contributed by atoms with Crippen molar-refractivity contribution >= 4 is 5.91 Å². The van der Waals surface area contributed by atoms with E-state index in [9.17, 15) is 14.4 Å². The van der Waals surface area contributed by atoms with E-state index >= 15 is 0 Å². The van der Waals surface area contributed by atoms with Gasteiger partial charge in [0, 0.05) is 38.2 Å². The molecule has 24 heavy (non-hydrogen) atoms. The van der Waals surface area contributed by atoms with Crippen molar-refractivity contribution in [2.75, 3.05) is 6.54 Å². The van der Waals surface area contributed by atoms with Crippen LogP contribution in [0.5, 0.6) is 0 Å². The van der Waals surface area contributed by atoms with Crippen LogP contribution in [0.2, 0.25) is 0 Å². The summed E-state index contributed by atoms with van der Waals surface area (Å²) in [7, 11) is 1.41. The zero-order valence-corrected chi connectivity index (χ0v) is 13.7. The van der Waals surface area contributed by atoms with Gasteiger partial charge in [0.2, 0.25) is 5.91 Å². The van der Waals surface area contributed by atoms with E-state index in [1.54, 1.807) is 6.20 Å². The highest BCUT2D eigenvalue weighted by Crippen LogP contribution is 2.18. The fourth-order valence-corrected chi connectivity index (χ4v) is 3.12. The van der Waals surface area contributed by atoms with Crippen LogP contribution in [0.4, 0.5) is 0 Å². The number of amides is 1. The van der Waals surface area contributed by atoms with Crippen molar-refractivity contribution in [2.24, 2.45) is 7.05 Å². The molecule has 1 aliphatic heterocycles. The lowest BCUT2D eigenvalue weighted by Crippen LogP contribution is -2.48. The summed E-state index contributed by atoms with van der Waals surface area (Å²) in [6, 6.07) is 3.24. The smallest absolute Gasteiger partial charge is 0.331 e.